The Bertz CT molecular complexity index is 231. The van der Waals surface area contributed by atoms with Crippen LogP contribution in [0.15, 0.2) is 11.6 Å². The SMILES string of the molecule is CC(C)=CCN1CCC(NCC2CC2)CC1. The summed E-state index contributed by atoms with van der Waals surface area (Å²) in [4.78, 5) is 2.57. The Morgan fingerprint density at radius 2 is 1.88 bits per heavy atom. The minimum Gasteiger partial charge on any atom is -0.314 e. The van der Waals surface area contributed by atoms with E-state index < -0.39 is 0 Å². The Kier molecular flexibility index (Phi) is 4.42. The Morgan fingerprint density at radius 3 is 2.44 bits per heavy atom. The summed E-state index contributed by atoms with van der Waals surface area (Å²) in [6.45, 7) is 9.34. The lowest BCUT2D eigenvalue weighted by molar-refractivity contribution is 0.214. The number of hydrogen-bond acceptors (Lipinski definition) is 2. The number of hydrogen-bond donors (Lipinski definition) is 1. The number of likely N-dealkylation sites (tertiary alicyclic amines) is 1. The molecule has 0 amide bonds. The van der Waals surface area contributed by atoms with E-state index in [1.807, 2.05) is 0 Å². The highest BCUT2D eigenvalue weighted by Crippen LogP contribution is 2.28. The summed E-state index contributed by atoms with van der Waals surface area (Å²) < 4.78 is 0. The lowest BCUT2D eigenvalue weighted by Gasteiger charge is -2.31. The van der Waals surface area contributed by atoms with Gasteiger partial charge in [0.05, 0.1) is 0 Å². The molecule has 1 saturated heterocycles. The molecular formula is C14H26N2. The van der Waals surface area contributed by atoms with Crippen molar-refractivity contribution in [2.75, 3.05) is 26.2 Å². The molecule has 0 radical (unpaired) electrons. The highest BCUT2D eigenvalue weighted by molar-refractivity contribution is 4.95. The second-order valence-electron chi connectivity index (χ2n) is 5.71. The molecule has 0 bridgehead atoms. The number of nitrogens with one attached hydrogen (secondary N) is 1. The molecule has 1 aliphatic carbocycles. The van der Waals surface area contributed by atoms with Gasteiger partial charge in [0.2, 0.25) is 0 Å². The van der Waals surface area contributed by atoms with E-state index in [4.69, 9.17) is 0 Å². The van der Waals surface area contributed by atoms with Crippen LogP contribution in [-0.2, 0) is 0 Å². The molecule has 0 aromatic heterocycles. The zero-order chi connectivity index (χ0) is 11.4. The second-order valence-corrected chi connectivity index (χ2v) is 5.71. The third-order valence-corrected chi connectivity index (χ3v) is 3.74. The van der Waals surface area contributed by atoms with Crippen molar-refractivity contribution in [3.8, 4) is 0 Å². The predicted molar refractivity (Wildman–Crippen MR) is 69.6 cm³/mol. The maximum absolute atomic E-state index is 3.73. The van der Waals surface area contributed by atoms with Gasteiger partial charge in [0.25, 0.3) is 0 Å². The summed E-state index contributed by atoms with van der Waals surface area (Å²) in [5, 5.41) is 3.73. The Morgan fingerprint density at radius 1 is 1.19 bits per heavy atom. The summed E-state index contributed by atoms with van der Waals surface area (Å²) in [7, 11) is 0. The number of allylic oxidation sites excluding steroid dienone is 1. The molecular weight excluding hydrogens is 196 g/mol. The maximum atomic E-state index is 3.73. The lowest BCUT2D eigenvalue weighted by atomic mass is 10.0. The monoisotopic (exact) mass is 222 g/mol. The van der Waals surface area contributed by atoms with Gasteiger partial charge in [0, 0.05) is 12.6 Å². The van der Waals surface area contributed by atoms with Crippen molar-refractivity contribution in [3.63, 3.8) is 0 Å². The normalized spacial score (nSPS) is 23.4. The van der Waals surface area contributed by atoms with Crippen molar-refractivity contribution in [1.29, 1.82) is 0 Å². The van der Waals surface area contributed by atoms with Crippen LogP contribution >= 0.6 is 0 Å². The second kappa shape index (κ2) is 5.83. The van der Waals surface area contributed by atoms with E-state index in [2.05, 4.69) is 30.1 Å². The Balaban J connectivity index is 1.59. The molecule has 1 heterocycles. The van der Waals surface area contributed by atoms with E-state index in [9.17, 15) is 0 Å². The van der Waals surface area contributed by atoms with E-state index in [1.165, 1.54) is 50.9 Å². The van der Waals surface area contributed by atoms with Crippen LogP contribution in [0.2, 0.25) is 0 Å². The number of nitrogens with zero attached hydrogens (tertiary/aromatic N) is 1. The van der Waals surface area contributed by atoms with Crippen LogP contribution in [0.1, 0.15) is 39.5 Å². The summed E-state index contributed by atoms with van der Waals surface area (Å²) in [6.07, 6.45) is 7.95. The molecule has 0 unspecified atom stereocenters. The van der Waals surface area contributed by atoms with E-state index in [0.29, 0.717) is 0 Å². The van der Waals surface area contributed by atoms with Crippen LogP contribution in [0, 0.1) is 5.92 Å². The first-order valence-electron chi connectivity index (χ1n) is 6.83. The lowest BCUT2D eigenvalue weighted by Crippen LogP contribution is -2.43. The van der Waals surface area contributed by atoms with E-state index in [0.717, 1.165) is 18.5 Å². The molecule has 0 spiro atoms. The van der Waals surface area contributed by atoms with Crippen molar-refractivity contribution < 1.29 is 0 Å². The van der Waals surface area contributed by atoms with Crippen LogP contribution < -0.4 is 5.32 Å². The van der Waals surface area contributed by atoms with Gasteiger partial charge in [-0.2, -0.15) is 0 Å². The van der Waals surface area contributed by atoms with E-state index in [1.54, 1.807) is 0 Å². The molecule has 1 aliphatic heterocycles. The fraction of sp³-hybridized carbons (Fsp3) is 0.857. The van der Waals surface area contributed by atoms with Gasteiger partial charge < -0.3 is 5.32 Å². The van der Waals surface area contributed by atoms with Gasteiger partial charge in [0.15, 0.2) is 0 Å². The average Bonchev–Trinajstić information content (AvgIpc) is 3.09. The summed E-state index contributed by atoms with van der Waals surface area (Å²) >= 11 is 0. The van der Waals surface area contributed by atoms with Crippen molar-refractivity contribution >= 4 is 0 Å². The summed E-state index contributed by atoms with van der Waals surface area (Å²) in [6, 6.07) is 0.795. The number of piperidine rings is 1. The molecule has 2 heteroatoms. The minimum atomic E-state index is 0.795. The first kappa shape index (κ1) is 12.1. The highest BCUT2D eigenvalue weighted by Gasteiger charge is 2.23. The number of rotatable bonds is 5. The summed E-state index contributed by atoms with van der Waals surface area (Å²) in [5.74, 6) is 1.02. The van der Waals surface area contributed by atoms with Gasteiger partial charge >= 0.3 is 0 Å². The molecule has 2 aliphatic rings. The molecule has 1 saturated carbocycles. The average molecular weight is 222 g/mol. The Hall–Kier alpha value is -0.340. The zero-order valence-electron chi connectivity index (χ0n) is 10.8. The van der Waals surface area contributed by atoms with E-state index >= 15 is 0 Å². The van der Waals surface area contributed by atoms with Crippen molar-refractivity contribution in [1.82, 2.24) is 10.2 Å². The van der Waals surface area contributed by atoms with Crippen LogP contribution in [0.3, 0.4) is 0 Å². The molecule has 0 atom stereocenters. The van der Waals surface area contributed by atoms with Gasteiger partial charge in [-0.3, -0.25) is 4.90 Å². The van der Waals surface area contributed by atoms with Crippen molar-refractivity contribution in [2.45, 2.75) is 45.6 Å². The predicted octanol–water partition coefficient (Wildman–Crippen LogP) is 2.42. The van der Waals surface area contributed by atoms with Gasteiger partial charge in [-0.15, -0.1) is 0 Å². The summed E-state index contributed by atoms with van der Waals surface area (Å²) in [5.41, 5.74) is 1.44. The first-order chi connectivity index (χ1) is 7.74. The topological polar surface area (TPSA) is 15.3 Å². The smallest absolute Gasteiger partial charge is 0.0165 e. The van der Waals surface area contributed by atoms with Gasteiger partial charge in [-0.05, 0) is 65.1 Å². The quantitative estimate of drug-likeness (QED) is 0.719. The molecule has 0 aromatic rings. The van der Waals surface area contributed by atoms with Crippen molar-refractivity contribution in [3.05, 3.63) is 11.6 Å². The first-order valence-corrected chi connectivity index (χ1v) is 6.83. The Labute approximate surface area is 100 Å². The van der Waals surface area contributed by atoms with Gasteiger partial charge in [-0.1, -0.05) is 11.6 Å². The maximum Gasteiger partial charge on any atom is 0.0165 e. The molecule has 2 fully saturated rings. The molecule has 2 rings (SSSR count). The van der Waals surface area contributed by atoms with Gasteiger partial charge in [-0.25, -0.2) is 0 Å². The minimum absolute atomic E-state index is 0.795. The van der Waals surface area contributed by atoms with Crippen LogP contribution in [0.5, 0.6) is 0 Å². The standard InChI is InChI=1S/C14H26N2/c1-12(2)5-8-16-9-6-14(7-10-16)15-11-13-3-4-13/h5,13-15H,3-4,6-11H2,1-2H3. The molecule has 0 aromatic carbocycles. The van der Waals surface area contributed by atoms with Crippen LogP contribution in [0.25, 0.3) is 0 Å². The molecule has 1 N–H and O–H groups in total. The highest BCUT2D eigenvalue weighted by atomic mass is 15.1. The largest absolute Gasteiger partial charge is 0.314 e. The van der Waals surface area contributed by atoms with Gasteiger partial charge in [0.1, 0.15) is 0 Å². The van der Waals surface area contributed by atoms with Crippen LogP contribution in [0.4, 0.5) is 0 Å². The third kappa shape index (κ3) is 4.26. The fourth-order valence-corrected chi connectivity index (χ4v) is 2.29. The molecule has 92 valence electrons. The third-order valence-electron chi connectivity index (χ3n) is 3.74. The zero-order valence-corrected chi connectivity index (χ0v) is 10.8. The van der Waals surface area contributed by atoms with Crippen LogP contribution in [-0.4, -0.2) is 37.1 Å². The molecule has 16 heavy (non-hydrogen) atoms. The van der Waals surface area contributed by atoms with E-state index in [-0.39, 0.29) is 0 Å². The fourth-order valence-electron chi connectivity index (χ4n) is 2.29. The molecule has 2 nitrogen and oxygen atoms in total. The van der Waals surface area contributed by atoms with Crippen molar-refractivity contribution in [2.24, 2.45) is 5.92 Å².